The van der Waals surface area contributed by atoms with Crippen LogP contribution < -0.4 is 5.32 Å². The summed E-state index contributed by atoms with van der Waals surface area (Å²) in [6.07, 6.45) is 1.28. The van der Waals surface area contributed by atoms with E-state index in [1.165, 1.54) is 0 Å². The molecule has 3 nitrogen and oxygen atoms in total. The average molecular weight is 146 g/mol. The second-order valence-corrected chi connectivity index (χ2v) is 1.89. The van der Waals surface area contributed by atoms with Crippen LogP contribution in [0.1, 0.15) is 12.8 Å². The maximum absolute atomic E-state index is 10.5. The van der Waals surface area contributed by atoms with Crippen LogP contribution in [0.3, 0.4) is 0 Å². The molecule has 0 saturated heterocycles. The molecule has 0 aliphatic carbocycles. The van der Waals surface area contributed by atoms with Crippen molar-refractivity contribution >= 4 is 18.3 Å². The van der Waals surface area contributed by atoms with Crippen LogP contribution in [0.15, 0.2) is 4.36 Å². The third-order valence-corrected chi connectivity index (χ3v) is 1.11. The number of hydrogen-bond donors (Lipinski definition) is 1. The summed E-state index contributed by atoms with van der Waals surface area (Å²) in [5.41, 5.74) is 0. The van der Waals surface area contributed by atoms with Crippen molar-refractivity contribution in [1.82, 2.24) is 5.32 Å². The van der Waals surface area contributed by atoms with Gasteiger partial charge in [0, 0.05) is 25.9 Å². The number of nitrogens with one attached hydrogen (secondary N) is 1. The van der Waals surface area contributed by atoms with Crippen LogP contribution in [-0.2, 0) is 17.2 Å². The smallest absolute Gasteiger partial charge is 0.219 e. The summed E-state index contributed by atoms with van der Waals surface area (Å²) in [5, 5.41) is 2.51. The number of rotatable bonds is 4. The van der Waals surface area contributed by atoms with E-state index in [0.717, 1.165) is 6.42 Å². The van der Waals surface area contributed by atoms with Crippen LogP contribution in [0, 0.1) is 0 Å². The first-order chi connectivity index (χ1) is 4.31. The Labute approximate surface area is 60.0 Å². The maximum atomic E-state index is 10.5. The van der Waals surface area contributed by atoms with E-state index in [-0.39, 0.29) is 5.91 Å². The molecule has 0 unspecified atom stereocenters. The van der Waals surface area contributed by atoms with Crippen molar-refractivity contribution in [3.8, 4) is 0 Å². The summed E-state index contributed by atoms with van der Waals surface area (Å²) >= 11 is 4.33. The largest absolute Gasteiger partial charge is 0.359 e. The lowest BCUT2D eigenvalue weighted by molar-refractivity contribution is -0.120. The number of carbonyl (C=O) groups excluding carboxylic acids is 1. The van der Waals surface area contributed by atoms with E-state index >= 15 is 0 Å². The summed E-state index contributed by atoms with van der Waals surface area (Å²) in [6, 6.07) is 0. The van der Waals surface area contributed by atoms with Gasteiger partial charge in [0.2, 0.25) is 5.91 Å². The molecule has 4 heteroatoms. The average Bonchev–Trinajstić information content (AvgIpc) is 1.89. The minimum Gasteiger partial charge on any atom is -0.359 e. The van der Waals surface area contributed by atoms with Crippen molar-refractivity contribution in [2.75, 3.05) is 13.6 Å². The molecule has 9 heavy (non-hydrogen) atoms. The molecule has 0 fully saturated rings. The Morgan fingerprint density at radius 2 is 2.44 bits per heavy atom. The zero-order valence-corrected chi connectivity index (χ0v) is 6.20. The molecule has 52 valence electrons. The molecule has 0 saturated carbocycles. The van der Waals surface area contributed by atoms with Gasteiger partial charge >= 0.3 is 0 Å². The molecular weight excluding hydrogens is 136 g/mol. The van der Waals surface area contributed by atoms with Crippen molar-refractivity contribution in [1.29, 1.82) is 0 Å². The predicted molar refractivity (Wildman–Crippen MR) is 38.0 cm³/mol. The van der Waals surface area contributed by atoms with Gasteiger partial charge in [-0.15, -0.1) is 0 Å². The quantitative estimate of drug-likeness (QED) is 0.577. The molecule has 0 aromatic rings. The molecule has 0 atom stereocenters. The lowest BCUT2D eigenvalue weighted by atomic mass is 10.3. The van der Waals surface area contributed by atoms with Gasteiger partial charge in [-0.1, -0.05) is 0 Å². The Kier molecular flexibility index (Phi) is 5.30. The van der Waals surface area contributed by atoms with E-state index in [0.29, 0.717) is 13.0 Å². The fourth-order valence-corrected chi connectivity index (χ4v) is 0.558. The van der Waals surface area contributed by atoms with Gasteiger partial charge < -0.3 is 5.32 Å². The van der Waals surface area contributed by atoms with E-state index in [1.54, 1.807) is 7.05 Å². The molecule has 1 amide bonds. The van der Waals surface area contributed by atoms with Crippen molar-refractivity contribution in [2.45, 2.75) is 12.8 Å². The highest BCUT2D eigenvalue weighted by Gasteiger charge is 1.94. The van der Waals surface area contributed by atoms with Crippen molar-refractivity contribution in [3.05, 3.63) is 0 Å². The first-order valence-corrected chi connectivity index (χ1v) is 3.17. The van der Waals surface area contributed by atoms with E-state index in [4.69, 9.17) is 0 Å². The summed E-state index contributed by atoms with van der Waals surface area (Å²) in [4.78, 5) is 10.5. The van der Waals surface area contributed by atoms with Gasteiger partial charge in [-0.05, 0) is 6.42 Å². The first kappa shape index (κ1) is 8.49. The van der Waals surface area contributed by atoms with Crippen molar-refractivity contribution in [3.63, 3.8) is 0 Å². The maximum Gasteiger partial charge on any atom is 0.219 e. The van der Waals surface area contributed by atoms with Crippen LogP contribution in [0.25, 0.3) is 0 Å². The Morgan fingerprint density at radius 3 is 2.89 bits per heavy atom. The van der Waals surface area contributed by atoms with Gasteiger partial charge in [0.25, 0.3) is 0 Å². The lowest BCUT2D eigenvalue weighted by Crippen LogP contribution is -2.17. The van der Waals surface area contributed by atoms with E-state index in [2.05, 4.69) is 22.1 Å². The molecule has 0 rings (SSSR count). The molecule has 0 radical (unpaired) electrons. The molecular formula is C5H10N2OS. The third kappa shape index (κ3) is 5.36. The SMILES string of the molecule is CNC(=O)CCCN=S. The van der Waals surface area contributed by atoms with Crippen LogP contribution in [0.4, 0.5) is 0 Å². The normalized spacial score (nSPS) is 8.56. The van der Waals surface area contributed by atoms with Gasteiger partial charge in [-0.3, -0.25) is 4.79 Å². The molecule has 0 heterocycles. The Bertz CT molecular complexity index is 105. The van der Waals surface area contributed by atoms with Crippen LogP contribution in [-0.4, -0.2) is 19.5 Å². The Hall–Kier alpha value is -0.510. The van der Waals surface area contributed by atoms with Crippen LogP contribution in [0.5, 0.6) is 0 Å². The lowest BCUT2D eigenvalue weighted by Gasteiger charge is -1.94. The highest BCUT2D eigenvalue weighted by Crippen LogP contribution is 1.87. The highest BCUT2D eigenvalue weighted by molar-refractivity contribution is 7.47. The van der Waals surface area contributed by atoms with Gasteiger partial charge in [-0.25, -0.2) is 4.36 Å². The molecule has 0 aliphatic heterocycles. The fraction of sp³-hybridized carbons (Fsp3) is 0.800. The van der Waals surface area contributed by atoms with Gasteiger partial charge in [0.1, 0.15) is 0 Å². The number of hydrogen-bond acceptors (Lipinski definition) is 3. The predicted octanol–water partition coefficient (Wildman–Crippen LogP) is 0.243. The van der Waals surface area contributed by atoms with E-state index in [9.17, 15) is 4.79 Å². The second-order valence-electron chi connectivity index (χ2n) is 1.63. The Morgan fingerprint density at radius 1 is 1.78 bits per heavy atom. The first-order valence-electron chi connectivity index (χ1n) is 2.81. The van der Waals surface area contributed by atoms with Crippen molar-refractivity contribution < 1.29 is 4.79 Å². The minimum atomic E-state index is 0.0497. The molecule has 1 N–H and O–H groups in total. The number of nitrogens with zero attached hydrogens (tertiary/aromatic N) is 1. The molecule has 0 aromatic heterocycles. The van der Waals surface area contributed by atoms with Gasteiger partial charge in [0.05, 0.1) is 6.54 Å². The summed E-state index contributed by atoms with van der Waals surface area (Å²) < 4.78 is 3.45. The van der Waals surface area contributed by atoms with E-state index < -0.39 is 0 Å². The molecule has 0 bridgehead atoms. The van der Waals surface area contributed by atoms with Gasteiger partial charge in [-0.2, -0.15) is 0 Å². The Balaban J connectivity index is 3.06. The monoisotopic (exact) mass is 146 g/mol. The summed E-state index contributed by atoms with van der Waals surface area (Å²) in [7, 11) is 1.62. The molecule has 0 spiro atoms. The van der Waals surface area contributed by atoms with Crippen LogP contribution in [0.2, 0.25) is 0 Å². The van der Waals surface area contributed by atoms with E-state index in [1.807, 2.05) is 0 Å². The minimum absolute atomic E-state index is 0.0497. The highest BCUT2D eigenvalue weighted by atomic mass is 32.1. The number of carbonyl (C=O) groups is 1. The van der Waals surface area contributed by atoms with Gasteiger partial charge in [0.15, 0.2) is 0 Å². The molecule has 0 aliphatic rings. The van der Waals surface area contributed by atoms with Crippen LogP contribution >= 0.6 is 0 Å². The zero-order valence-electron chi connectivity index (χ0n) is 5.39. The topological polar surface area (TPSA) is 41.5 Å². The second kappa shape index (κ2) is 5.62. The standard InChI is InChI=1S/C5H10N2OS/c1-6-5(8)3-2-4-7-9/h2-4H2,1H3,(H,6,8). The zero-order chi connectivity index (χ0) is 7.11. The number of amides is 1. The van der Waals surface area contributed by atoms with Crippen molar-refractivity contribution in [2.24, 2.45) is 4.36 Å². The summed E-state index contributed by atoms with van der Waals surface area (Å²) in [5.74, 6) is 0.0497. The molecule has 0 aromatic carbocycles. The fourth-order valence-electron chi connectivity index (χ4n) is 0.429. The third-order valence-electron chi connectivity index (χ3n) is 0.932. The summed E-state index contributed by atoms with van der Waals surface area (Å²) in [6.45, 7) is 0.600.